The number of carbonyl (C=O) groups is 2. The van der Waals surface area contributed by atoms with E-state index in [1.165, 1.54) is 16.7 Å². The summed E-state index contributed by atoms with van der Waals surface area (Å²) in [5.41, 5.74) is 6.57. The smallest absolute Gasteiger partial charge is 0.352 e. The fourth-order valence-electron chi connectivity index (χ4n) is 1.96. The van der Waals surface area contributed by atoms with Crippen LogP contribution >= 0.6 is 23.5 Å². The molecule has 2 aliphatic rings. The Labute approximate surface area is 113 Å². The van der Waals surface area contributed by atoms with Crippen LogP contribution in [0.15, 0.2) is 23.9 Å². The van der Waals surface area contributed by atoms with Gasteiger partial charge >= 0.3 is 5.97 Å². The largest absolute Gasteiger partial charge is 0.477 e. The summed E-state index contributed by atoms with van der Waals surface area (Å²) >= 11 is 3.12. The Morgan fingerprint density at radius 1 is 1.72 bits per heavy atom. The van der Waals surface area contributed by atoms with Crippen molar-refractivity contribution >= 4 is 35.4 Å². The van der Waals surface area contributed by atoms with Crippen molar-refractivity contribution in [2.45, 2.75) is 11.4 Å². The molecule has 7 heteroatoms. The van der Waals surface area contributed by atoms with E-state index in [0.29, 0.717) is 11.5 Å². The molecule has 0 aromatic carbocycles. The zero-order chi connectivity index (χ0) is 13.3. The van der Waals surface area contributed by atoms with Gasteiger partial charge in [-0.3, -0.25) is 9.69 Å². The van der Waals surface area contributed by atoms with E-state index in [-0.39, 0.29) is 17.0 Å². The molecule has 18 heavy (non-hydrogen) atoms. The second-order valence-corrected chi connectivity index (χ2v) is 6.13. The number of hydrogen-bond acceptors (Lipinski definition) is 5. The number of nitrogens with zero attached hydrogens (tertiary/aromatic N) is 1. The number of nitrogens with two attached hydrogens (primary N) is 1. The molecule has 5 nitrogen and oxygen atoms in total. The fourth-order valence-corrected chi connectivity index (χ4v) is 4.15. The van der Waals surface area contributed by atoms with Crippen LogP contribution in [-0.2, 0) is 9.59 Å². The zero-order valence-electron chi connectivity index (χ0n) is 9.67. The molecule has 0 aliphatic carbocycles. The lowest BCUT2D eigenvalue weighted by molar-refractivity contribution is -0.147. The molecule has 2 atom stereocenters. The molecule has 98 valence electrons. The molecule has 1 fully saturated rings. The number of carboxylic acids is 1. The second kappa shape index (κ2) is 5.38. The van der Waals surface area contributed by atoms with E-state index in [4.69, 9.17) is 5.73 Å². The third-order valence-corrected chi connectivity index (χ3v) is 5.19. The molecular weight excluding hydrogens is 272 g/mol. The van der Waals surface area contributed by atoms with Crippen molar-refractivity contribution < 1.29 is 14.7 Å². The van der Waals surface area contributed by atoms with Crippen molar-refractivity contribution in [2.24, 2.45) is 5.73 Å². The van der Waals surface area contributed by atoms with E-state index in [1.54, 1.807) is 17.8 Å². The minimum absolute atomic E-state index is 0.127. The molecule has 2 aliphatic heterocycles. The molecule has 1 amide bonds. The number of β-lactam (4-membered cyclic amide) rings is 1. The third-order valence-electron chi connectivity index (χ3n) is 2.80. The van der Waals surface area contributed by atoms with Gasteiger partial charge in [0.05, 0.1) is 0 Å². The monoisotopic (exact) mass is 286 g/mol. The Morgan fingerprint density at radius 2 is 2.44 bits per heavy atom. The number of amides is 1. The minimum Gasteiger partial charge on any atom is -0.477 e. The summed E-state index contributed by atoms with van der Waals surface area (Å²) in [6, 6.07) is -0.563. The summed E-state index contributed by atoms with van der Waals surface area (Å²) < 4.78 is 0. The van der Waals surface area contributed by atoms with Crippen LogP contribution in [0.1, 0.15) is 0 Å². The van der Waals surface area contributed by atoms with Gasteiger partial charge in [-0.15, -0.1) is 18.3 Å². The van der Waals surface area contributed by atoms with Crippen LogP contribution in [-0.4, -0.2) is 50.6 Å². The van der Waals surface area contributed by atoms with Gasteiger partial charge in [-0.1, -0.05) is 6.08 Å². The van der Waals surface area contributed by atoms with Crippen LogP contribution in [0.3, 0.4) is 0 Å². The van der Waals surface area contributed by atoms with E-state index in [9.17, 15) is 14.7 Å². The SMILES string of the molecule is C=CCSCC1=C(C(=O)O)N2C(=O)C(N)[C@@H]2SC1. The summed E-state index contributed by atoms with van der Waals surface area (Å²) in [5.74, 6) is 0.642. The lowest BCUT2D eigenvalue weighted by Gasteiger charge is -2.48. The maximum Gasteiger partial charge on any atom is 0.352 e. The highest BCUT2D eigenvalue weighted by molar-refractivity contribution is 8.01. The van der Waals surface area contributed by atoms with E-state index in [2.05, 4.69) is 6.58 Å². The third kappa shape index (κ3) is 2.17. The van der Waals surface area contributed by atoms with Crippen LogP contribution in [0.2, 0.25) is 0 Å². The first-order chi connectivity index (χ1) is 8.57. The Bertz CT molecular complexity index is 436. The van der Waals surface area contributed by atoms with Crippen molar-refractivity contribution in [2.75, 3.05) is 17.3 Å². The van der Waals surface area contributed by atoms with Crippen molar-refractivity contribution in [3.8, 4) is 0 Å². The molecule has 0 bridgehead atoms. The number of carboxylic acid groups (broad SMARTS) is 1. The van der Waals surface area contributed by atoms with Gasteiger partial charge in [0, 0.05) is 17.3 Å². The molecule has 0 aromatic rings. The topological polar surface area (TPSA) is 83.6 Å². The molecule has 0 spiro atoms. The standard InChI is InChI=1S/C11H14N2O3S2/c1-2-3-17-4-6-5-18-10-7(12)9(14)13(10)8(6)11(15)16/h2,7,10H,1,3-5,12H2,(H,15,16)/t7?,10-/m0/s1. The number of carbonyl (C=O) groups excluding carboxylic acids is 1. The molecule has 2 heterocycles. The first-order valence-corrected chi connectivity index (χ1v) is 7.62. The normalized spacial score (nSPS) is 26.7. The maximum atomic E-state index is 11.7. The molecule has 2 rings (SSSR count). The lowest BCUT2D eigenvalue weighted by Crippen LogP contribution is -2.68. The number of aliphatic carboxylic acids is 1. The summed E-state index contributed by atoms with van der Waals surface area (Å²) in [7, 11) is 0. The van der Waals surface area contributed by atoms with E-state index in [1.807, 2.05) is 0 Å². The van der Waals surface area contributed by atoms with Gasteiger partial charge in [-0.05, 0) is 5.57 Å². The Morgan fingerprint density at radius 3 is 3.06 bits per heavy atom. The Hall–Kier alpha value is -0.920. The molecule has 0 aromatic heterocycles. The first-order valence-electron chi connectivity index (χ1n) is 5.42. The number of rotatable bonds is 5. The quantitative estimate of drug-likeness (QED) is 0.435. The predicted octanol–water partition coefficient (Wildman–Crippen LogP) is 0.487. The summed E-state index contributed by atoms with van der Waals surface area (Å²) in [6.45, 7) is 3.62. The summed E-state index contributed by atoms with van der Waals surface area (Å²) in [5, 5.41) is 9.05. The van der Waals surface area contributed by atoms with Gasteiger partial charge in [0.15, 0.2) is 0 Å². The van der Waals surface area contributed by atoms with E-state index in [0.717, 1.165) is 11.3 Å². The van der Waals surface area contributed by atoms with Gasteiger partial charge in [-0.25, -0.2) is 4.79 Å². The number of hydrogen-bond donors (Lipinski definition) is 2. The second-order valence-electron chi connectivity index (χ2n) is 4.00. The average Bonchev–Trinajstić information content (AvgIpc) is 2.37. The molecule has 0 saturated carbocycles. The van der Waals surface area contributed by atoms with Gasteiger partial charge in [0.1, 0.15) is 17.1 Å². The lowest BCUT2D eigenvalue weighted by atomic mass is 10.0. The van der Waals surface area contributed by atoms with Crippen molar-refractivity contribution in [3.63, 3.8) is 0 Å². The molecular formula is C11H14N2O3S2. The van der Waals surface area contributed by atoms with Gasteiger partial charge in [-0.2, -0.15) is 11.8 Å². The van der Waals surface area contributed by atoms with Crippen LogP contribution in [0, 0.1) is 0 Å². The fraction of sp³-hybridized carbons (Fsp3) is 0.455. The predicted molar refractivity (Wildman–Crippen MR) is 73.3 cm³/mol. The first kappa shape index (κ1) is 13.5. The minimum atomic E-state index is -1.05. The average molecular weight is 286 g/mol. The summed E-state index contributed by atoms with van der Waals surface area (Å²) in [4.78, 5) is 24.3. The molecule has 1 unspecified atom stereocenters. The van der Waals surface area contributed by atoms with Crippen LogP contribution in [0.25, 0.3) is 0 Å². The van der Waals surface area contributed by atoms with Crippen LogP contribution in [0.4, 0.5) is 0 Å². The van der Waals surface area contributed by atoms with Crippen LogP contribution in [0.5, 0.6) is 0 Å². The maximum absolute atomic E-state index is 11.7. The highest BCUT2D eigenvalue weighted by Crippen LogP contribution is 2.40. The number of fused-ring (bicyclic) bond motifs is 1. The van der Waals surface area contributed by atoms with Crippen molar-refractivity contribution in [1.29, 1.82) is 0 Å². The number of thioether (sulfide) groups is 2. The summed E-state index contributed by atoms with van der Waals surface area (Å²) in [6.07, 6.45) is 1.77. The van der Waals surface area contributed by atoms with Crippen LogP contribution < -0.4 is 5.73 Å². The Kier molecular flexibility index (Phi) is 4.04. The van der Waals surface area contributed by atoms with Crippen molar-refractivity contribution in [3.05, 3.63) is 23.9 Å². The Balaban J connectivity index is 2.20. The zero-order valence-corrected chi connectivity index (χ0v) is 11.3. The van der Waals surface area contributed by atoms with Gasteiger partial charge in [0.2, 0.25) is 5.91 Å². The highest BCUT2D eigenvalue weighted by atomic mass is 32.2. The highest BCUT2D eigenvalue weighted by Gasteiger charge is 2.51. The van der Waals surface area contributed by atoms with Gasteiger partial charge in [0.25, 0.3) is 0 Å². The molecule has 3 N–H and O–H groups in total. The van der Waals surface area contributed by atoms with Crippen molar-refractivity contribution in [1.82, 2.24) is 4.90 Å². The molecule has 0 radical (unpaired) electrons. The van der Waals surface area contributed by atoms with E-state index >= 15 is 0 Å². The molecule has 1 saturated heterocycles. The van der Waals surface area contributed by atoms with E-state index < -0.39 is 12.0 Å². The van der Waals surface area contributed by atoms with Gasteiger partial charge < -0.3 is 10.8 Å².